The van der Waals surface area contributed by atoms with Crippen molar-refractivity contribution in [3.8, 4) is 0 Å². The van der Waals surface area contributed by atoms with Gasteiger partial charge in [0.2, 0.25) is 11.7 Å². The Bertz CT molecular complexity index is 622. The van der Waals surface area contributed by atoms with Gasteiger partial charge in [-0.05, 0) is 4.92 Å². The van der Waals surface area contributed by atoms with Crippen LogP contribution in [0.1, 0.15) is 0 Å². The Morgan fingerprint density at radius 1 is 1.65 bits per heavy atom. The summed E-state index contributed by atoms with van der Waals surface area (Å²) in [6.45, 7) is 0.707. The third kappa shape index (κ3) is 3.03. The molecule has 1 amide bonds. The van der Waals surface area contributed by atoms with E-state index in [-0.39, 0.29) is 24.1 Å². The molecule has 0 atom stereocenters. The van der Waals surface area contributed by atoms with Gasteiger partial charge in [-0.1, -0.05) is 11.3 Å². The number of nitro groups is 1. The maximum atomic E-state index is 11.5. The lowest BCUT2D eigenvalue weighted by Crippen LogP contribution is -2.32. The van der Waals surface area contributed by atoms with E-state index in [0.29, 0.717) is 18.1 Å². The SMILES string of the molecule is COCCNC(=O)CNc1nc2sccn2c1[N+](=O)[O-]. The fraction of sp³-hybridized carbons (Fsp3) is 0.400. The van der Waals surface area contributed by atoms with Crippen molar-refractivity contribution in [1.82, 2.24) is 14.7 Å². The van der Waals surface area contributed by atoms with Crippen LogP contribution in [0.15, 0.2) is 11.6 Å². The zero-order valence-electron chi connectivity index (χ0n) is 10.7. The van der Waals surface area contributed by atoms with Crippen LogP contribution in [0.2, 0.25) is 0 Å². The highest BCUT2D eigenvalue weighted by Gasteiger charge is 2.23. The lowest BCUT2D eigenvalue weighted by Gasteiger charge is -2.05. The summed E-state index contributed by atoms with van der Waals surface area (Å²) in [5.74, 6) is -0.373. The number of imidazole rings is 1. The van der Waals surface area contributed by atoms with Gasteiger partial charge in [0.1, 0.15) is 6.20 Å². The molecule has 0 fully saturated rings. The van der Waals surface area contributed by atoms with Crippen molar-refractivity contribution in [2.45, 2.75) is 0 Å². The minimum absolute atomic E-state index is 0.0868. The van der Waals surface area contributed by atoms with Gasteiger partial charge in [-0.2, -0.15) is 9.38 Å². The molecule has 108 valence electrons. The Labute approximate surface area is 117 Å². The summed E-state index contributed by atoms with van der Waals surface area (Å²) >= 11 is 1.28. The Kier molecular flexibility index (Phi) is 4.48. The number of thiazole rings is 1. The Hall–Kier alpha value is -2.20. The van der Waals surface area contributed by atoms with E-state index in [9.17, 15) is 14.9 Å². The smallest absolute Gasteiger partial charge is 0.372 e. The molecular formula is C10H13N5O4S. The lowest BCUT2D eigenvalue weighted by molar-refractivity contribution is -0.389. The van der Waals surface area contributed by atoms with Gasteiger partial charge in [0.15, 0.2) is 0 Å². The standard InChI is InChI=1S/C10H13N5O4S/c1-19-4-2-11-7(16)6-12-8-9(15(17)18)14-3-5-20-10(14)13-8/h3,5,12H,2,4,6H2,1H3,(H,11,16). The van der Waals surface area contributed by atoms with Gasteiger partial charge in [-0.3, -0.25) is 4.79 Å². The summed E-state index contributed by atoms with van der Waals surface area (Å²) < 4.78 is 6.17. The van der Waals surface area contributed by atoms with E-state index in [2.05, 4.69) is 15.6 Å². The molecule has 0 aliphatic heterocycles. The Morgan fingerprint density at radius 2 is 2.45 bits per heavy atom. The summed E-state index contributed by atoms with van der Waals surface area (Å²) in [7, 11) is 1.53. The molecule has 0 aliphatic rings. The van der Waals surface area contributed by atoms with Crippen LogP contribution in [0, 0.1) is 10.1 Å². The minimum atomic E-state index is -0.530. The molecule has 9 nitrogen and oxygen atoms in total. The van der Waals surface area contributed by atoms with Gasteiger partial charge in [-0.15, -0.1) is 0 Å². The van der Waals surface area contributed by atoms with Crippen LogP contribution in [0.4, 0.5) is 11.6 Å². The second kappa shape index (κ2) is 6.30. The molecule has 2 N–H and O–H groups in total. The average Bonchev–Trinajstić information content (AvgIpc) is 2.95. The second-order valence-corrected chi connectivity index (χ2v) is 4.67. The van der Waals surface area contributed by atoms with Crippen molar-refractivity contribution in [1.29, 1.82) is 0 Å². The predicted molar refractivity (Wildman–Crippen MR) is 73.1 cm³/mol. The first-order valence-corrected chi connectivity index (χ1v) is 6.61. The molecule has 0 spiro atoms. The van der Waals surface area contributed by atoms with Crippen molar-refractivity contribution < 1.29 is 14.5 Å². The van der Waals surface area contributed by atoms with Crippen molar-refractivity contribution in [3.05, 3.63) is 21.7 Å². The van der Waals surface area contributed by atoms with E-state index in [1.165, 1.54) is 22.8 Å². The molecule has 0 bridgehead atoms. The molecule has 0 unspecified atom stereocenters. The van der Waals surface area contributed by atoms with E-state index >= 15 is 0 Å². The number of nitrogens with one attached hydrogen (secondary N) is 2. The first-order chi connectivity index (χ1) is 9.63. The third-order valence-electron chi connectivity index (χ3n) is 2.45. The summed E-state index contributed by atoms with van der Waals surface area (Å²) in [6, 6.07) is 0. The van der Waals surface area contributed by atoms with Gasteiger partial charge < -0.3 is 25.5 Å². The number of nitrogens with zero attached hydrogens (tertiary/aromatic N) is 3. The van der Waals surface area contributed by atoms with E-state index in [4.69, 9.17) is 4.74 Å². The molecule has 0 saturated heterocycles. The van der Waals surface area contributed by atoms with Gasteiger partial charge in [-0.25, -0.2) is 0 Å². The number of fused-ring (bicyclic) bond motifs is 1. The highest BCUT2D eigenvalue weighted by Crippen LogP contribution is 2.27. The largest absolute Gasteiger partial charge is 0.383 e. The molecule has 2 aromatic heterocycles. The molecule has 2 aromatic rings. The summed E-state index contributed by atoms with van der Waals surface area (Å²) in [4.78, 5) is 26.6. The number of ether oxygens (including phenoxy) is 1. The molecule has 0 radical (unpaired) electrons. The first-order valence-electron chi connectivity index (χ1n) is 5.73. The molecule has 2 heterocycles. The fourth-order valence-corrected chi connectivity index (χ4v) is 2.30. The van der Waals surface area contributed by atoms with E-state index in [0.717, 1.165) is 0 Å². The number of anilines is 1. The van der Waals surface area contributed by atoms with Crippen molar-refractivity contribution >= 4 is 33.8 Å². The average molecular weight is 299 g/mol. The maximum Gasteiger partial charge on any atom is 0.372 e. The maximum absolute atomic E-state index is 11.5. The van der Waals surface area contributed by atoms with Gasteiger partial charge >= 0.3 is 5.82 Å². The molecule has 2 rings (SSSR count). The lowest BCUT2D eigenvalue weighted by atomic mass is 10.5. The number of aromatic nitrogens is 2. The van der Waals surface area contributed by atoms with Gasteiger partial charge in [0.25, 0.3) is 4.96 Å². The molecular weight excluding hydrogens is 286 g/mol. The predicted octanol–water partition coefficient (Wildman–Crippen LogP) is 0.478. The normalized spacial score (nSPS) is 10.7. The topological polar surface area (TPSA) is 111 Å². The third-order valence-corrected chi connectivity index (χ3v) is 3.21. The molecule has 20 heavy (non-hydrogen) atoms. The highest BCUT2D eigenvalue weighted by molar-refractivity contribution is 7.15. The van der Waals surface area contributed by atoms with Crippen molar-refractivity contribution in [2.24, 2.45) is 0 Å². The number of carbonyl (C=O) groups is 1. The Balaban J connectivity index is 2.02. The van der Waals surface area contributed by atoms with E-state index in [1.54, 1.807) is 11.6 Å². The zero-order chi connectivity index (χ0) is 14.5. The minimum Gasteiger partial charge on any atom is -0.383 e. The number of amides is 1. The fourth-order valence-electron chi connectivity index (χ4n) is 1.59. The van der Waals surface area contributed by atoms with Crippen LogP contribution in [0.3, 0.4) is 0 Å². The summed E-state index contributed by atoms with van der Waals surface area (Å²) in [5, 5.41) is 18.0. The number of rotatable bonds is 7. The Morgan fingerprint density at radius 3 is 3.15 bits per heavy atom. The summed E-state index contributed by atoms with van der Waals surface area (Å²) in [5.41, 5.74) is 0. The molecule has 0 aliphatic carbocycles. The van der Waals surface area contributed by atoms with Crippen LogP contribution in [-0.4, -0.2) is 47.0 Å². The number of carbonyl (C=O) groups excluding carboxylic acids is 1. The first kappa shape index (κ1) is 14.2. The van der Waals surface area contributed by atoms with Gasteiger partial charge in [0, 0.05) is 19.0 Å². The number of hydrogen-bond donors (Lipinski definition) is 2. The number of methoxy groups -OCH3 is 1. The van der Waals surface area contributed by atoms with Crippen LogP contribution >= 0.6 is 11.3 Å². The van der Waals surface area contributed by atoms with Crippen LogP contribution < -0.4 is 10.6 Å². The number of hydrogen-bond acceptors (Lipinski definition) is 7. The zero-order valence-corrected chi connectivity index (χ0v) is 11.5. The highest BCUT2D eigenvalue weighted by atomic mass is 32.1. The van der Waals surface area contributed by atoms with E-state index in [1.807, 2.05) is 0 Å². The molecule has 0 saturated carbocycles. The monoisotopic (exact) mass is 299 g/mol. The van der Waals surface area contributed by atoms with Gasteiger partial charge in [0.05, 0.1) is 13.2 Å². The van der Waals surface area contributed by atoms with Crippen LogP contribution in [-0.2, 0) is 9.53 Å². The van der Waals surface area contributed by atoms with Crippen molar-refractivity contribution in [3.63, 3.8) is 0 Å². The van der Waals surface area contributed by atoms with Crippen LogP contribution in [0.25, 0.3) is 4.96 Å². The molecule has 0 aromatic carbocycles. The van der Waals surface area contributed by atoms with Crippen molar-refractivity contribution in [2.75, 3.05) is 32.1 Å². The van der Waals surface area contributed by atoms with E-state index < -0.39 is 4.92 Å². The quantitative estimate of drug-likeness (QED) is 0.437. The second-order valence-electron chi connectivity index (χ2n) is 3.79. The summed E-state index contributed by atoms with van der Waals surface area (Å²) in [6.07, 6.45) is 1.56. The van der Waals surface area contributed by atoms with Crippen LogP contribution in [0.5, 0.6) is 0 Å². The molecule has 10 heteroatoms.